The van der Waals surface area contributed by atoms with Gasteiger partial charge in [0.15, 0.2) is 5.03 Å². The van der Waals surface area contributed by atoms with E-state index in [0.29, 0.717) is 10.8 Å². The van der Waals surface area contributed by atoms with Gasteiger partial charge in [0.2, 0.25) is 0 Å². The number of hydrogen-bond acceptors (Lipinski definition) is 5. The highest BCUT2D eigenvalue weighted by Gasteiger charge is 2.10. The van der Waals surface area contributed by atoms with Crippen molar-refractivity contribution >= 4 is 17.4 Å². The van der Waals surface area contributed by atoms with E-state index in [2.05, 4.69) is 4.98 Å². The Balaban J connectivity index is 1.85. The smallest absolute Gasteiger partial charge is 0.280 e. The minimum atomic E-state index is -0.431. The monoisotopic (exact) mass is 353 g/mol. The summed E-state index contributed by atoms with van der Waals surface area (Å²) >= 11 is 1.27. The fraction of sp³-hybridized carbons (Fsp3) is 0.111. The number of aromatic nitrogens is 2. The topological polar surface area (TPSA) is 78.0 Å². The Bertz CT molecular complexity index is 985. The lowest BCUT2D eigenvalue weighted by Crippen LogP contribution is -2.20. The van der Waals surface area contributed by atoms with E-state index < -0.39 is 4.92 Å². The van der Waals surface area contributed by atoms with Crippen molar-refractivity contribution in [3.05, 3.63) is 92.5 Å². The van der Waals surface area contributed by atoms with Crippen LogP contribution in [-0.4, -0.2) is 14.5 Å². The first-order valence-electron chi connectivity index (χ1n) is 7.55. The first-order valence-corrected chi connectivity index (χ1v) is 8.54. The largest absolute Gasteiger partial charge is 0.287 e. The van der Waals surface area contributed by atoms with Crippen molar-refractivity contribution < 1.29 is 4.92 Å². The van der Waals surface area contributed by atoms with E-state index in [-0.39, 0.29) is 11.2 Å². The molecule has 0 aliphatic rings. The maximum Gasteiger partial charge on any atom is 0.287 e. The molecule has 0 saturated heterocycles. The van der Waals surface area contributed by atoms with E-state index in [1.54, 1.807) is 29.1 Å². The highest BCUT2D eigenvalue weighted by Crippen LogP contribution is 2.21. The molecule has 2 aromatic carbocycles. The number of nitro groups is 1. The summed E-state index contributed by atoms with van der Waals surface area (Å²) in [6.45, 7) is 1.97. The number of thioether (sulfide) groups is 1. The lowest BCUT2D eigenvalue weighted by Gasteiger charge is -2.08. The van der Waals surface area contributed by atoms with E-state index in [1.807, 2.05) is 31.2 Å². The van der Waals surface area contributed by atoms with E-state index in [9.17, 15) is 14.9 Å². The number of hydrogen-bond donors (Lipinski definition) is 0. The van der Waals surface area contributed by atoms with Crippen LogP contribution in [0.25, 0.3) is 5.69 Å². The molecule has 0 unspecified atom stereocenters. The number of nitro benzene ring substituents is 1. The molecule has 0 spiro atoms. The molecule has 1 heterocycles. The second-order valence-electron chi connectivity index (χ2n) is 5.46. The van der Waals surface area contributed by atoms with Gasteiger partial charge in [0.05, 0.1) is 4.92 Å². The summed E-state index contributed by atoms with van der Waals surface area (Å²) in [5.41, 5.74) is 2.45. The Hall–Kier alpha value is -2.93. The van der Waals surface area contributed by atoms with Crippen LogP contribution in [0.2, 0.25) is 0 Å². The maximum absolute atomic E-state index is 12.6. The number of nitrogens with zero attached hydrogens (tertiary/aromatic N) is 3. The van der Waals surface area contributed by atoms with Crippen LogP contribution in [0.3, 0.4) is 0 Å². The minimum Gasteiger partial charge on any atom is -0.280 e. The summed E-state index contributed by atoms with van der Waals surface area (Å²) in [6.07, 6.45) is 3.22. The molecule has 0 atom stereocenters. The van der Waals surface area contributed by atoms with Gasteiger partial charge in [-0.05, 0) is 30.2 Å². The Morgan fingerprint density at radius 3 is 2.76 bits per heavy atom. The van der Waals surface area contributed by atoms with Crippen LogP contribution in [0.5, 0.6) is 0 Å². The number of benzene rings is 2. The molecule has 0 aliphatic heterocycles. The van der Waals surface area contributed by atoms with Crippen LogP contribution in [0.15, 0.2) is 70.7 Å². The molecule has 0 fully saturated rings. The molecule has 126 valence electrons. The molecule has 0 radical (unpaired) electrons. The first kappa shape index (κ1) is 16.9. The standard InChI is InChI=1S/C18H15N3O3S/c1-13-4-2-6-15(10-13)20-9-8-19-17(18(20)22)25-12-14-5-3-7-16(11-14)21(23)24/h2-11H,12H2,1H3. The van der Waals surface area contributed by atoms with Crippen molar-refractivity contribution in [2.24, 2.45) is 0 Å². The van der Waals surface area contributed by atoms with Gasteiger partial charge >= 0.3 is 0 Å². The van der Waals surface area contributed by atoms with Crippen LogP contribution in [0.4, 0.5) is 5.69 Å². The lowest BCUT2D eigenvalue weighted by molar-refractivity contribution is -0.384. The maximum atomic E-state index is 12.6. The summed E-state index contributed by atoms with van der Waals surface area (Å²) in [5.74, 6) is 0.432. The van der Waals surface area contributed by atoms with E-state index in [0.717, 1.165) is 16.8 Å². The third-order valence-electron chi connectivity index (χ3n) is 3.59. The quantitative estimate of drug-likeness (QED) is 0.397. The molecule has 0 amide bonds. The van der Waals surface area contributed by atoms with Crippen molar-refractivity contribution in [2.75, 3.05) is 0 Å². The summed E-state index contributed by atoms with van der Waals surface area (Å²) in [4.78, 5) is 27.2. The molecule has 6 nitrogen and oxygen atoms in total. The van der Waals surface area contributed by atoms with Crippen molar-refractivity contribution in [3.63, 3.8) is 0 Å². The molecule has 0 bridgehead atoms. The summed E-state index contributed by atoms with van der Waals surface area (Å²) in [6, 6.07) is 14.0. The lowest BCUT2D eigenvalue weighted by atomic mass is 10.2. The first-order chi connectivity index (χ1) is 12.0. The third kappa shape index (κ3) is 3.95. The van der Waals surface area contributed by atoms with Crippen LogP contribution < -0.4 is 5.56 Å². The molecule has 3 aromatic rings. The summed E-state index contributed by atoms with van der Waals surface area (Å²) in [5, 5.41) is 11.2. The van der Waals surface area contributed by atoms with Crippen LogP contribution >= 0.6 is 11.8 Å². The molecule has 3 rings (SSSR count). The Morgan fingerprint density at radius 1 is 1.20 bits per heavy atom. The van der Waals surface area contributed by atoms with Crippen molar-refractivity contribution in [2.45, 2.75) is 17.7 Å². The average molecular weight is 353 g/mol. The van der Waals surface area contributed by atoms with E-state index in [4.69, 9.17) is 0 Å². The SMILES string of the molecule is Cc1cccc(-n2ccnc(SCc3cccc([N+](=O)[O-])c3)c2=O)c1. The Morgan fingerprint density at radius 2 is 2.00 bits per heavy atom. The summed E-state index contributed by atoms with van der Waals surface area (Å²) < 4.78 is 1.55. The van der Waals surface area contributed by atoms with Crippen molar-refractivity contribution in [1.82, 2.24) is 9.55 Å². The molecule has 0 aliphatic carbocycles. The minimum absolute atomic E-state index is 0.0382. The molecule has 0 saturated carbocycles. The fourth-order valence-corrected chi connectivity index (χ4v) is 3.23. The third-order valence-corrected chi connectivity index (χ3v) is 4.62. The zero-order valence-corrected chi connectivity index (χ0v) is 14.3. The second-order valence-corrected chi connectivity index (χ2v) is 6.43. The van der Waals surface area contributed by atoms with E-state index in [1.165, 1.54) is 23.9 Å². The van der Waals surface area contributed by atoms with Gasteiger partial charge in [0.25, 0.3) is 11.2 Å². The zero-order chi connectivity index (χ0) is 17.8. The molecule has 25 heavy (non-hydrogen) atoms. The van der Waals surface area contributed by atoms with Gasteiger partial charge in [-0.2, -0.15) is 0 Å². The molecule has 0 N–H and O–H groups in total. The van der Waals surface area contributed by atoms with Crippen molar-refractivity contribution in [1.29, 1.82) is 0 Å². The molecular weight excluding hydrogens is 338 g/mol. The van der Waals surface area contributed by atoms with Gasteiger partial charge in [-0.1, -0.05) is 36.0 Å². The molecule has 7 heteroatoms. The number of non-ortho nitro benzene ring substituents is 1. The fourth-order valence-electron chi connectivity index (χ4n) is 2.39. The van der Waals surface area contributed by atoms with Crippen molar-refractivity contribution in [3.8, 4) is 5.69 Å². The van der Waals surface area contributed by atoms with Gasteiger partial charge in [-0.25, -0.2) is 4.98 Å². The number of aryl methyl sites for hydroxylation is 1. The van der Waals surface area contributed by atoms with E-state index >= 15 is 0 Å². The predicted molar refractivity (Wildman–Crippen MR) is 97.2 cm³/mol. The average Bonchev–Trinajstić information content (AvgIpc) is 2.61. The zero-order valence-electron chi connectivity index (χ0n) is 13.5. The van der Waals surface area contributed by atoms with Crippen LogP contribution in [0.1, 0.15) is 11.1 Å². The number of rotatable bonds is 5. The van der Waals surface area contributed by atoms with Gasteiger partial charge in [-0.15, -0.1) is 0 Å². The Kier molecular flexibility index (Phi) is 4.95. The highest BCUT2D eigenvalue weighted by molar-refractivity contribution is 7.98. The molecule has 1 aromatic heterocycles. The van der Waals surface area contributed by atoms with Gasteiger partial charge < -0.3 is 0 Å². The Labute approximate surface area is 148 Å². The van der Waals surface area contributed by atoms with Crippen LogP contribution in [0, 0.1) is 17.0 Å². The van der Waals surface area contributed by atoms with Crippen LogP contribution in [-0.2, 0) is 5.75 Å². The summed E-state index contributed by atoms with van der Waals surface area (Å²) in [7, 11) is 0. The van der Waals surface area contributed by atoms with Gasteiger partial charge in [0.1, 0.15) is 0 Å². The van der Waals surface area contributed by atoms with Gasteiger partial charge in [-0.3, -0.25) is 19.5 Å². The highest BCUT2D eigenvalue weighted by atomic mass is 32.2. The second kappa shape index (κ2) is 7.31. The van der Waals surface area contributed by atoms with Gasteiger partial charge in [0, 0.05) is 36.0 Å². The normalized spacial score (nSPS) is 10.6. The predicted octanol–water partition coefficient (Wildman–Crippen LogP) is 3.74. The molecular formula is C18H15N3O3S.